The third kappa shape index (κ3) is 5.71. The van der Waals surface area contributed by atoms with Gasteiger partial charge in [-0.2, -0.15) is 4.67 Å². The summed E-state index contributed by atoms with van der Waals surface area (Å²) in [6.07, 6.45) is 1.68. The fraction of sp³-hybridized carbons (Fsp3) is 0.0833. The summed E-state index contributed by atoms with van der Waals surface area (Å²) in [5.74, 6) is 0.741. The van der Waals surface area contributed by atoms with Crippen LogP contribution in [0.15, 0.2) is 110 Å². The lowest BCUT2D eigenvalue weighted by Crippen LogP contribution is -2.24. The van der Waals surface area contributed by atoms with Crippen LogP contribution in [0.1, 0.15) is 11.1 Å². The molecule has 29 heavy (non-hydrogen) atoms. The molecule has 4 nitrogen and oxygen atoms in total. The van der Waals surface area contributed by atoms with Crippen molar-refractivity contribution in [1.82, 2.24) is 4.67 Å². The summed E-state index contributed by atoms with van der Waals surface area (Å²) >= 11 is 0. The SMILES string of the molecule is C=CCN(Cc1ccccc1)P(=O)(OC(=C)c1ccccc1)Oc1ccccc1. The molecule has 0 spiro atoms. The second kappa shape index (κ2) is 9.92. The van der Waals surface area contributed by atoms with Crippen LogP contribution < -0.4 is 4.52 Å². The molecule has 3 aromatic rings. The van der Waals surface area contributed by atoms with Gasteiger partial charge in [-0.15, -0.1) is 6.58 Å². The van der Waals surface area contributed by atoms with E-state index in [0.717, 1.165) is 11.1 Å². The normalized spacial score (nSPS) is 12.7. The van der Waals surface area contributed by atoms with Gasteiger partial charge < -0.3 is 9.05 Å². The Balaban J connectivity index is 1.93. The summed E-state index contributed by atoms with van der Waals surface area (Å²) in [5, 5.41) is 0. The lowest BCUT2D eigenvalue weighted by molar-refractivity contribution is 0.278. The minimum atomic E-state index is -3.79. The maximum atomic E-state index is 14.0. The Morgan fingerprint density at radius 1 is 0.897 bits per heavy atom. The van der Waals surface area contributed by atoms with Crippen LogP contribution in [0.3, 0.4) is 0 Å². The highest BCUT2D eigenvalue weighted by Gasteiger charge is 2.37. The van der Waals surface area contributed by atoms with Crippen molar-refractivity contribution >= 4 is 13.5 Å². The summed E-state index contributed by atoms with van der Waals surface area (Å²) in [6, 6.07) is 28.1. The monoisotopic (exact) mass is 405 g/mol. The number of rotatable bonds is 10. The van der Waals surface area contributed by atoms with Crippen LogP contribution in [0.4, 0.5) is 0 Å². The van der Waals surface area contributed by atoms with Crippen molar-refractivity contribution < 1.29 is 13.6 Å². The topological polar surface area (TPSA) is 38.8 Å². The molecule has 1 unspecified atom stereocenters. The smallest absolute Gasteiger partial charge is 0.404 e. The summed E-state index contributed by atoms with van der Waals surface area (Å²) in [5.41, 5.74) is 1.72. The van der Waals surface area contributed by atoms with Crippen molar-refractivity contribution in [3.05, 3.63) is 121 Å². The zero-order chi connectivity index (χ0) is 20.5. The van der Waals surface area contributed by atoms with E-state index < -0.39 is 7.75 Å². The molecular formula is C24H24NO3P. The van der Waals surface area contributed by atoms with Gasteiger partial charge in [-0.1, -0.05) is 91.5 Å². The lowest BCUT2D eigenvalue weighted by atomic mass is 10.2. The number of nitrogens with zero attached hydrogens (tertiary/aromatic N) is 1. The lowest BCUT2D eigenvalue weighted by Gasteiger charge is -2.30. The van der Waals surface area contributed by atoms with Gasteiger partial charge in [-0.05, 0) is 17.7 Å². The minimum Gasteiger partial charge on any atom is -0.404 e. The van der Waals surface area contributed by atoms with Gasteiger partial charge in [0.05, 0.1) is 0 Å². The Morgan fingerprint density at radius 2 is 1.45 bits per heavy atom. The van der Waals surface area contributed by atoms with E-state index in [4.69, 9.17) is 9.05 Å². The highest BCUT2D eigenvalue weighted by molar-refractivity contribution is 7.52. The molecule has 0 heterocycles. The van der Waals surface area contributed by atoms with Crippen LogP contribution in [0, 0.1) is 0 Å². The minimum absolute atomic E-state index is 0.284. The number of para-hydroxylation sites is 1. The molecule has 0 saturated heterocycles. The van der Waals surface area contributed by atoms with Crippen LogP contribution in [0.2, 0.25) is 0 Å². The van der Waals surface area contributed by atoms with Crippen molar-refractivity contribution in [3.8, 4) is 5.75 Å². The molecular weight excluding hydrogens is 381 g/mol. The van der Waals surface area contributed by atoms with Gasteiger partial charge in [0.1, 0.15) is 11.5 Å². The van der Waals surface area contributed by atoms with E-state index in [0.29, 0.717) is 18.8 Å². The molecule has 1 atom stereocenters. The van der Waals surface area contributed by atoms with Gasteiger partial charge in [-0.3, -0.25) is 0 Å². The molecule has 0 fully saturated rings. The first-order chi connectivity index (χ1) is 14.1. The van der Waals surface area contributed by atoms with E-state index in [9.17, 15) is 4.57 Å². The molecule has 0 amide bonds. The maximum absolute atomic E-state index is 14.0. The van der Waals surface area contributed by atoms with Crippen LogP contribution in [0.25, 0.3) is 5.76 Å². The van der Waals surface area contributed by atoms with Crippen molar-refractivity contribution in [1.29, 1.82) is 0 Å². The quantitative estimate of drug-likeness (QED) is 0.218. The standard InChI is InChI=1S/C24H24NO3P/c1-3-19-25(20-22-13-7-4-8-14-22)29(26,28-24-17-11-6-12-18-24)27-21(2)23-15-9-5-10-16-23/h3-18H,1-2,19-20H2. The average molecular weight is 405 g/mol. The predicted molar refractivity (Wildman–Crippen MR) is 118 cm³/mol. The van der Waals surface area contributed by atoms with Crippen molar-refractivity contribution in [3.63, 3.8) is 0 Å². The van der Waals surface area contributed by atoms with E-state index in [2.05, 4.69) is 13.2 Å². The summed E-state index contributed by atoms with van der Waals surface area (Å²) < 4.78 is 27.5. The first kappa shape index (κ1) is 20.7. The van der Waals surface area contributed by atoms with Gasteiger partial charge in [0, 0.05) is 18.7 Å². The maximum Gasteiger partial charge on any atom is 0.516 e. The van der Waals surface area contributed by atoms with Gasteiger partial charge >= 0.3 is 7.75 Å². The summed E-state index contributed by atoms with van der Waals surface area (Å²) in [7, 11) is -3.79. The Morgan fingerprint density at radius 3 is 2.03 bits per heavy atom. The molecule has 0 bridgehead atoms. The molecule has 0 radical (unpaired) electrons. The molecule has 0 aliphatic rings. The fourth-order valence-corrected chi connectivity index (χ4v) is 4.45. The zero-order valence-electron chi connectivity index (χ0n) is 16.2. The van der Waals surface area contributed by atoms with Crippen molar-refractivity contribution in [2.75, 3.05) is 6.54 Å². The van der Waals surface area contributed by atoms with E-state index >= 15 is 0 Å². The van der Waals surface area contributed by atoms with Crippen molar-refractivity contribution in [2.45, 2.75) is 6.54 Å². The first-order valence-corrected chi connectivity index (χ1v) is 10.8. The zero-order valence-corrected chi connectivity index (χ0v) is 17.1. The molecule has 0 aliphatic carbocycles. The molecule has 0 N–H and O–H groups in total. The van der Waals surface area contributed by atoms with E-state index in [-0.39, 0.29) is 5.76 Å². The number of hydrogen-bond donors (Lipinski definition) is 0. The molecule has 3 rings (SSSR count). The van der Waals surface area contributed by atoms with Gasteiger partial charge in [-0.25, -0.2) is 4.57 Å². The summed E-state index contributed by atoms with van der Waals surface area (Å²) in [4.78, 5) is 0. The molecule has 3 aromatic carbocycles. The number of benzene rings is 3. The third-order valence-corrected chi connectivity index (χ3v) is 6.07. The van der Waals surface area contributed by atoms with Crippen LogP contribution in [0.5, 0.6) is 5.75 Å². The molecule has 5 heteroatoms. The van der Waals surface area contributed by atoms with Crippen LogP contribution in [-0.2, 0) is 15.6 Å². The highest BCUT2D eigenvalue weighted by Crippen LogP contribution is 2.55. The Hall–Kier alpha value is -3.07. The highest BCUT2D eigenvalue weighted by atomic mass is 31.2. The van der Waals surface area contributed by atoms with E-state index in [1.54, 1.807) is 22.9 Å². The molecule has 0 saturated carbocycles. The summed E-state index contributed by atoms with van der Waals surface area (Å²) in [6.45, 7) is 8.47. The molecule has 0 aliphatic heterocycles. The Labute approximate surface area is 172 Å². The molecule has 0 aromatic heterocycles. The van der Waals surface area contributed by atoms with Gasteiger partial charge in [0.2, 0.25) is 0 Å². The first-order valence-electron chi connectivity index (χ1n) is 9.29. The average Bonchev–Trinajstić information content (AvgIpc) is 2.75. The van der Waals surface area contributed by atoms with Crippen molar-refractivity contribution in [2.24, 2.45) is 0 Å². The van der Waals surface area contributed by atoms with E-state index in [1.807, 2.05) is 78.9 Å². The van der Waals surface area contributed by atoms with Crippen LogP contribution >= 0.6 is 7.75 Å². The third-order valence-electron chi connectivity index (χ3n) is 4.18. The second-order valence-electron chi connectivity index (χ2n) is 6.37. The van der Waals surface area contributed by atoms with Crippen LogP contribution in [-0.4, -0.2) is 11.2 Å². The van der Waals surface area contributed by atoms with Gasteiger partial charge in [0.25, 0.3) is 0 Å². The number of hydrogen-bond acceptors (Lipinski definition) is 3. The predicted octanol–water partition coefficient (Wildman–Crippen LogP) is 6.55. The van der Waals surface area contributed by atoms with E-state index in [1.165, 1.54) is 0 Å². The largest absolute Gasteiger partial charge is 0.516 e. The molecule has 148 valence electrons. The Kier molecular flexibility index (Phi) is 7.07. The second-order valence-corrected chi connectivity index (χ2v) is 8.24. The Bertz CT molecular complexity index is 975. The van der Waals surface area contributed by atoms with Gasteiger partial charge in [0.15, 0.2) is 0 Å². The fourth-order valence-electron chi connectivity index (χ4n) is 2.76.